The number of rotatable bonds is 5. The standard InChI is InChI=1S/C17H16ClNO4/c1-11-3-8-15(22-2)14(9-11)19-16(20)10-23-17(21)12-4-6-13(18)7-5-12/h3-9H,10H2,1-2H3,(H,19,20). The molecule has 0 spiro atoms. The zero-order chi connectivity index (χ0) is 16.8. The quantitative estimate of drug-likeness (QED) is 0.851. The van der Waals surface area contributed by atoms with Crippen LogP contribution >= 0.6 is 11.6 Å². The van der Waals surface area contributed by atoms with Crippen LogP contribution in [0.1, 0.15) is 15.9 Å². The van der Waals surface area contributed by atoms with Gasteiger partial charge in [0.15, 0.2) is 6.61 Å². The third kappa shape index (κ3) is 4.72. The summed E-state index contributed by atoms with van der Waals surface area (Å²) in [5.74, 6) is -0.503. The summed E-state index contributed by atoms with van der Waals surface area (Å²) in [6.45, 7) is 1.51. The Labute approximate surface area is 139 Å². The van der Waals surface area contributed by atoms with Crippen molar-refractivity contribution in [3.63, 3.8) is 0 Å². The number of aryl methyl sites for hydroxylation is 1. The first kappa shape index (κ1) is 16.8. The molecule has 2 rings (SSSR count). The van der Waals surface area contributed by atoms with Gasteiger partial charge in [0.05, 0.1) is 18.4 Å². The van der Waals surface area contributed by atoms with E-state index in [1.807, 2.05) is 13.0 Å². The van der Waals surface area contributed by atoms with Gasteiger partial charge in [-0.25, -0.2) is 4.79 Å². The van der Waals surface area contributed by atoms with Crippen molar-refractivity contribution >= 4 is 29.2 Å². The third-order valence-corrected chi connectivity index (χ3v) is 3.30. The Balaban J connectivity index is 1.94. The van der Waals surface area contributed by atoms with Gasteiger partial charge in [-0.2, -0.15) is 0 Å². The molecule has 1 N–H and O–H groups in total. The van der Waals surface area contributed by atoms with E-state index in [-0.39, 0.29) is 0 Å². The number of carbonyl (C=O) groups excluding carboxylic acids is 2. The number of hydrogen-bond donors (Lipinski definition) is 1. The van der Waals surface area contributed by atoms with Crippen molar-refractivity contribution in [2.45, 2.75) is 6.92 Å². The van der Waals surface area contributed by atoms with E-state index in [4.69, 9.17) is 21.1 Å². The van der Waals surface area contributed by atoms with Crippen molar-refractivity contribution in [1.29, 1.82) is 0 Å². The van der Waals surface area contributed by atoms with Crippen LogP contribution in [0.25, 0.3) is 0 Å². The molecule has 0 bridgehead atoms. The van der Waals surface area contributed by atoms with E-state index >= 15 is 0 Å². The van der Waals surface area contributed by atoms with Gasteiger partial charge in [0, 0.05) is 5.02 Å². The van der Waals surface area contributed by atoms with Crippen LogP contribution in [0.15, 0.2) is 42.5 Å². The predicted molar refractivity (Wildman–Crippen MR) is 88.1 cm³/mol. The van der Waals surface area contributed by atoms with Crippen molar-refractivity contribution in [2.75, 3.05) is 19.0 Å². The first-order valence-electron chi connectivity index (χ1n) is 6.87. The van der Waals surface area contributed by atoms with Gasteiger partial charge < -0.3 is 14.8 Å². The van der Waals surface area contributed by atoms with Crippen LogP contribution in [0, 0.1) is 6.92 Å². The molecule has 0 aliphatic heterocycles. The third-order valence-electron chi connectivity index (χ3n) is 3.04. The van der Waals surface area contributed by atoms with E-state index in [2.05, 4.69) is 5.32 Å². The minimum absolute atomic E-state index is 0.329. The number of hydrogen-bond acceptors (Lipinski definition) is 4. The first-order valence-corrected chi connectivity index (χ1v) is 7.24. The fraction of sp³-hybridized carbons (Fsp3) is 0.176. The maximum Gasteiger partial charge on any atom is 0.338 e. The molecule has 0 radical (unpaired) electrons. The summed E-state index contributed by atoms with van der Waals surface area (Å²) in [5.41, 5.74) is 1.83. The van der Waals surface area contributed by atoms with E-state index < -0.39 is 18.5 Å². The molecule has 2 aromatic carbocycles. The zero-order valence-corrected chi connectivity index (χ0v) is 13.5. The summed E-state index contributed by atoms with van der Waals surface area (Å²) < 4.78 is 10.1. The van der Waals surface area contributed by atoms with Gasteiger partial charge in [-0.05, 0) is 48.9 Å². The lowest BCUT2D eigenvalue weighted by Crippen LogP contribution is -2.21. The summed E-state index contributed by atoms with van der Waals surface area (Å²) >= 11 is 5.75. The number of nitrogens with one attached hydrogen (secondary N) is 1. The van der Waals surface area contributed by atoms with Crippen molar-refractivity contribution in [2.24, 2.45) is 0 Å². The number of ether oxygens (including phenoxy) is 2. The SMILES string of the molecule is COc1ccc(C)cc1NC(=O)COC(=O)c1ccc(Cl)cc1. The monoisotopic (exact) mass is 333 g/mol. The van der Waals surface area contributed by atoms with Crippen LogP contribution in [-0.4, -0.2) is 25.6 Å². The van der Waals surface area contributed by atoms with Crippen LogP contribution in [-0.2, 0) is 9.53 Å². The Bertz CT molecular complexity index is 713. The van der Waals surface area contributed by atoms with Crippen LogP contribution < -0.4 is 10.1 Å². The Morgan fingerprint density at radius 2 is 1.83 bits per heavy atom. The molecule has 0 aliphatic rings. The maximum absolute atomic E-state index is 11.9. The highest BCUT2D eigenvalue weighted by Gasteiger charge is 2.12. The highest BCUT2D eigenvalue weighted by molar-refractivity contribution is 6.30. The largest absolute Gasteiger partial charge is 0.495 e. The number of methoxy groups -OCH3 is 1. The fourth-order valence-electron chi connectivity index (χ4n) is 1.91. The summed E-state index contributed by atoms with van der Waals surface area (Å²) in [4.78, 5) is 23.7. The Kier molecular flexibility index (Phi) is 5.60. The number of carbonyl (C=O) groups is 2. The predicted octanol–water partition coefficient (Wildman–Crippen LogP) is 3.45. The molecular formula is C17H16ClNO4. The van der Waals surface area contributed by atoms with Gasteiger partial charge in [0.25, 0.3) is 5.91 Å². The van der Waals surface area contributed by atoms with Crippen LogP contribution in [0.3, 0.4) is 0 Å². The summed E-state index contributed by atoms with van der Waals surface area (Å²) in [7, 11) is 1.51. The molecule has 2 aromatic rings. The molecule has 0 saturated heterocycles. The molecule has 0 heterocycles. The average Bonchev–Trinajstić information content (AvgIpc) is 2.53. The second-order valence-corrected chi connectivity index (χ2v) is 5.27. The van der Waals surface area contributed by atoms with Crippen molar-refractivity contribution < 1.29 is 19.1 Å². The topological polar surface area (TPSA) is 64.6 Å². The molecule has 0 aliphatic carbocycles. The minimum Gasteiger partial charge on any atom is -0.495 e. The lowest BCUT2D eigenvalue weighted by molar-refractivity contribution is -0.119. The van der Waals surface area contributed by atoms with Crippen LogP contribution in [0.2, 0.25) is 5.02 Å². The minimum atomic E-state index is -0.590. The Morgan fingerprint density at radius 1 is 1.13 bits per heavy atom. The number of anilines is 1. The first-order chi connectivity index (χ1) is 11.0. The lowest BCUT2D eigenvalue weighted by atomic mass is 10.2. The van der Waals surface area contributed by atoms with E-state index in [9.17, 15) is 9.59 Å². The van der Waals surface area contributed by atoms with E-state index in [0.717, 1.165) is 5.56 Å². The smallest absolute Gasteiger partial charge is 0.338 e. The van der Waals surface area contributed by atoms with Gasteiger partial charge in [-0.15, -0.1) is 0 Å². The van der Waals surface area contributed by atoms with Gasteiger partial charge in [-0.1, -0.05) is 17.7 Å². The van der Waals surface area contributed by atoms with Crippen molar-refractivity contribution in [1.82, 2.24) is 0 Å². The molecule has 0 fully saturated rings. The van der Waals surface area contributed by atoms with E-state index in [1.165, 1.54) is 19.2 Å². The van der Waals surface area contributed by atoms with Gasteiger partial charge in [-0.3, -0.25) is 4.79 Å². The van der Waals surface area contributed by atoms with Gasteiger partial charge in [0.2, 0.25) is 0 Å². The molecule has 0 aromatic heterocycles. The molecule has 23 heavy (non-hydrogen) atoms. The van der Waals surface area contributed by atoms with Crippen LogP contribution in [0.4, 0.5) is 5.69 Å². The normalized spacial score (nSPS) is 10.0. The summed E-state index contributed by atoms with van der Waals surface area (Å²) in [6, 6.07) is 11.6. The van der Waals surface area contributed by atoms with Gasteiger partial charge >= 0.3 is 5.97 Å². The highest BCUT2D eigenvalue weighted by Crippen LogP contribution is 2.25. The van der Waals surface area contributed by atoms with E-state index in [1.54, 1.807) is 24.3 Å². The molecule has 120 valence electrons. The summed E-state index contributed by atoms with van der Waals surface area (Å²) in [6.07, 6.45) is 0. The highest BCUT2D eigenvalue weighted by atomic mass is 35.5. The molecule has 5 nitrogen and oxygen atoms in total. The molecular weight excluding hydrogens is 318 g/mol. The molecule has 1 amide bonds. The lowest BCUT2D eigenvalue weighted by Gasteiger charge is -2.11. The molecule has 6 heteroatoms. The number of halogens is 1. The fourth-order valence-corrected chi connectivity index (χ4v) is 2.03. The number of esters is 1. The number of amides is 1. The average molecular weight is 334 g/mol. The van der Waals surface area contributed by atoms with Gasteiger partial charge in [0.1, 0.15) is 5.75 Å². The molecule has 0 atom stereocenters. The number of benzene rings is 2. The maximum atomic E-state index is 11.9. The van der Waals surface area contributed by atoms with Crippen molar-refractivity contribution in [3.8, 4) is 5.75 Å². The second kappa shape index (κ2) is 7.65. The molecule has 0 unspecified atom stereocenters. The van der Waals surface area contributed by atoms with Crippen LogP contribution in [0.5, 0.6) is 5.75 Å². The molecule has 0 saturated carbocycles. The second-order valence-electron chi connectivity index (χ2n) is 4.83. The summed E-state index contributed by atoms with van der Waals surface area (Å²) in [5, 5.41) is 3.18. The zero-order valence-electron chi connectivity index (χ0n) is 12.8. The van der Waals surface area contributed by atoms with Crippen molar-refractivity contribution in [3.05, 3.63) is 58.6 Å². The van der Waals surface area contributed by atoms with E-state index in [0.29, 0.717) is 22.0 Å². The Morgan fingerprint density at radius 3 is 2.48 bits per heavy atom. The Hall–Kier alpha value is -2.53.